The number of halogens is 1. The van der Waals surface area contributed by atoms with Crippen LogP contribution < -0.4 is 16.2 Å². The number of nitrogens with two attached hydrogens (primary N) is 2. The molecule has 0 atom stereocenters. The molecule has 2 rings (SSSR count). The van der Waals surface area contributed by atoms with Crippen LogP contribution in [-0.4, -0.2) is 19.1 Å². The molecule has 0 spiro atoms. The summed E-state index contributed by atoms with van der Waals surface area (Å²) in [6.07, 6.45) is 3.66. The predicted octanol–water partition coefficient (Wildman–Crippen LogP) is 1.89. The Balaban J connectivity index is 0.00000220. The Kier molecular flexibility index (Phi) is 3.74. The topological polar surface area (TPSA) is 102 Å². The molecule has 0 aromatic heterocycles. The summed E-state index contributed by atoms with van der Waals surface area (Å²) in [6, 6.07) is 3.02. The van der Waals surface area contributed by atoms with Gasteiger partial charge in [0.2, 0.25) is 0 Å². The standard InChI is InChI=1S/C14H16FN3O2.H2/c15-14(2-3-14)11-5-9(7-16)12(18)6-13(11)20-8-10(17)1-4-19;/h1,4-7,16H,2-3,8,17-18H2;1H/b10-1-,16-7?;. The maximum atomic E-state index is 14.3. The van der Waals surface area contributed by atoms with Gasteiger partial charge >= 0.3 is 0 Å². The lowest BCUT2D eigenvalue weighted by atomic mass is 10.0. The van der Waals surface area contributed by atoms with Gasteiger partial charge in [0.15, 0.2) is 0 Å². The number of nitrogen functional groups attached to an aromatic ring is 1. The number of ether oxygens (including phenoxy) is 1. The van der Waals surface area contributed by atoms with Crippen LogP contribution in [0.1, 0.15) is 25.4 Å². The minimum atomic E-state index is -1.41. The van der Waals surface area contributed by atoms with Gasteiger partial charge in [-0.1, -0.05) is 0 Å². The summed E-state index contributed by atoms with van der Waals surface area (Å²) < 4.78 is 19.8. The summed E-state index contributed by atoms with van der Waals surface area (Å²) in [5, 5.41) is 7.27. The normalized spacial score (nSPS) is 16.6. The molecule has 1 aliphatic rings. The average molecular weight is 279 g/mol. The molecule has 1 saturated carbocycles. The van der Waals surface area contributed by atoms with Crippen molar-refractivity contribution in [2.45, 2.75) is 18.5 Å². The number of anilines is 1. The van der Waals surface area contributed by atoms with E-state index in [1.165, 1.54) is 18.2 Å². The molecule has 5 nitrogen and oxygen atoms in total. The molecule has 6 heteroatoms. The average Bonchev–Trinajstić information content (AvgIpc) is 3.15. The molecule has 1 fully saturated rings. The first-order valence-electron chi connectivity index (χ1n) is 6.16. The fourth-order valence-electron chi connectivity index (χ4n) is 1.88. The maximum absolute atomic E-state index is 14.3. The van der Waals surface area contributed by atoms with Crippen molar-refractivity contribution in [3.05, 3.63) is 35.0 Å². The van der Waals surface area contributed by atoms with Crippen LogP contribution in [0.15, 0.2) is 23.9 Å². The number of nitrogens with one attached hydrogen (secondary N) is 1. The van der Waals surface area contributed by atoms with E-state index in [1.54, 1.807) is 0 Å². The number of allylic oxidation sites excluding steroid dienone is 1. The van der Waals surface area contributed by atoms with Gasteiger partial charge in [-0.3, -0.25) is 4.79 Å². The van der Waals surface area contributed by atoms with E-state index in [4.69, 9.17) is 21.6 Å². The predicted molar refractivity (Wildman–Crippen MR) is 76.7 cm³/mol. The maximum Gasteiger partial charge on any atom is 0.144 e. The van der Waals surface area contributed by atoms with Gasteiger partial charge in [-0.15, -0.1) is 0 Å². The van der Waals surface area contributed by atoms with Gasteiger partial charge in [-0.25, -0.2) is 4.39 Å². The van der Waals surface area contributed by atoms with E-state index < -0.39 is 5.67 Å². The lowest BCUT2D eigenvalue weighted by molar-refractivity contribution is -0.104. The summed E-state index contributed by atoms with van der Waals surface area (Å²) in [6.45, 7) is -0.0226. The molecule has 0 heterocycles. The highest BCUT2D eigenvalue weighted by Gasteiger charge is 2.47. The molecule has 1 aromatic rings. The van der Waals surface area contributed by atoms with Crippen molar-refractivity contribution in [2.24, 2.45) is 5.73 Å². The van der Waals surface area contributed by atoms with Gasteiger partial charge in [0.25, 0.3) is 0 Å². The molecule has 0 saturated heterocycles. The van der Waals surface area contributed by atoms with Crippen molar-refractivity contribution < 1.29 is 15.3 Å². The van der Waals surface area contributed by atoms with E-state index in [1.807, 2.05) is 0 Å². The molecule has 5 N–H and O–H groups in total. The zero-order chi connectivity index (χ0) is 14.8. The first kappa shape index (κ1) is 14.0. The third-order valence-electron chi connectivity index (χ3n) is 3.19. The van der Waals surface area contributed by atoms with E-state index in [0.29, 0.717) is 41.7 Å². The highest BCUT2D eigenvalue weighted by atomic mass is 19.1. The van der Waals surface area contributed by atoms with Crippen LogP contribution in [0.4, 0.5) is 10.1 Å². The highest BCUT2D eigenvalue weighted by molar-refractivity contribution is 5.86. The van der Waals surface area contributed by atoms with Crippen LogP contribution in [0.5, 0.6) is 5.75 Å². The minimum absolute atomic E-state index is 0. The zero-order valence-electron chi connectivity index (χ0n) is 10.9. The third kappa shape index (κ3) is 2.79. The summed E-state index contributed by atoms with van der Waals surface area (Å²) in [5.74, 6) is 0.301. The summed E-state index contributed by atoms with van der Waals surface area (Å²) in [7, 11) is 0. The van der Waals surface area contributed by atoms with Crippen LogP contribution in [0.25, 0.3) is 0 Å². The van der Waals surface area contributed by atoms with Crippen molar-refractivity contribution in [3.8, 4) is 5.75 Å². The quantitative estimate of drug-likeness (QED) is 0.320. The second kappa shape index (κ2) is 5.32. The fourth-order valence-corrected chi connectivity index (χ4v) is 1.88. The van der Waals surface area contributed by atoms with Gasteiger partial charge < -0.3 is 21.6 Å². The monoisotopic (exact) mass is 279 g/mol. The molecular weight excluding hydrogens is 261 g/mol. The molecule has 0 bridgehead atoms. The van der Waals surface area contributed by atoms with Gasteiger partial charge in [0.1, 0.15) is 24.3 Å². The van der Waals surface area contributed by atoms with Gasteiger partial charge in [-0.05, 0) is 18.9 Å². The smallest absolute Gasteiger partial charge is 0.144 e. The molecule has 20 heavy (non-hydrogen) atoms. The number of aldehydes is 1. The van der Waals surface area contributed by atoms with E-state index >= 15 is 0 Å². The third-order valence-corrected chi connectivity index (χ3v) is 3.19. The van der Waals surface area contributed by atoms with Gasteiger partial charge in [0.05, 0.1) is 0 Å². The zero-order valence-corrected chi connectivity index (χ0v) is 10.9. The number of alkyl halides is 1. The van der Waals surface area contributed by atoms with E-state index in [2.05, 4.69) is 0 Å². The Hall–Kier alpha value is -2.37. The van der Waals surface area contributed by atoms with Crippen LogP contribution >= 0.6 is 0 Å². The molecule has 0 aliphatic heterocycles. The van der Waals surface area contributed by atoms with Crippen molar-refractivity contribution in [2.75, 3.05) is 12.3 Å². The number of carbonyl (C=O) groups excluding carboxylic acids is 1. The second-order valence-corrected chi connectivity index (χ2v) is 4.75. The number of benzene rings is 1. The largest absolute Gasteiger partial charge is 0.487 e. The molecule has 0 amide bonds. The highest BCUT2D eigenvalue weighted by Crippen LogP contribution is 2.53. The SMILES string of the molecule is N=Cc1cc(C2(F)CC2)c(OC/C(N)=C/C=O)cc1N.[HH]. The number of rotatable bonds is 6. The number of hydrogen-bond donors (Lipinski definition) is 3. The van der Waals surface area contributed by atoms with Crippen LogP contribution in [0.2, 0.25) is 0 Å². The second-order valence-electron chi connectivity index (χ2n) is 4.75. The van der Waals surface area contributed by atoms with E-state index in [0.717, 1.165) is 6.21 Å². The first-order chi connectivity index (χ1) is 9.50. The van der Waals surface area contributed by atoms with E-state index in [-0.39, 0.29) is 13.7 Å². The first-order valence-corrected chi connectivity index (χ1v) is 6.16. The fraction of sp³-hybridized carbons (Fsp3) is 0.286. The number of hydrogen-bond acceptors (Lipinski definition) is 5. The summed E-state index contributed by atoms with van der Waals surface area (Å²) >= 11 is 0. The lowest BCUT2D eigenvalue weighted by Gasteiger charge is -2.16. The van der Waals surface area contributed by atoms with E-state index in [9.17, 15) is 9.18 Å². The Morgan fingerprint density at radius 1 is 1.55 bits per heavy atom. The molecule has 0 radical (unpaired) electrons. The number of carbonyl (C=O) groups is 1. The van der Waals surface area contributed by atoms with Crippen molar-refractivity contribution in [3.63, 3.8) is 0 Å². The Morgan fingerprint density at radius 3 is 2.80 bits per heavy atom. The molecule has 108 valence electrons. The van der Waals surface area contributed by atoms with Crippen molar-refractivity contribution in [1.29, 1.82) is 5.41 Å². The Morgan fingerprint density at radius 2 is 2.25 bits per heavy atom. The molecular formula is C14H18FN3O2. The van der Waals surface area contributed by atoms with Crippen LogP contribution in [0, 0.1) is 5.41 Å². The lowest BCUT2D eigenvalue weighted by Crippen LogP contribution is -2.12. The Bertz CT molecular complexity index is 586. The summed E-state index contributed by atoms with van der Waals surface area (Å²) in [5.41, 5.74) is 11.3. The molecule has 1 aliphatic carbocycles. The molecule has 0 unspecified atom stereocenters. The molecule has 1 aromatic carbocycles. The minimum Gasteiger partial charge on any atom is -0.487 e. The van der Waals surface area contributed by atoms with Crippen LogP contribution in [-0.2, 0) is 10.5 Å². The van der Waals surface area contributed by atoms with Crippen LogP contribution in [0.3, 0.4) is 0 Å². The Labute approximate surface area is 117 Å². The van der Waals surface area contributed by atoms with Crippen molar-refractivity contribution >= 4 is 18.2 Å². The van der Waals surface area contributed by atoms with Gasteiger partial charge in [0, 0.05) is 42.3 Å². The van der Waals surface area contributed by atoms with Crippen molar-refractivity contribution in [1.82, 2.24) is 0 Å². The summed E-state index contributed by atoms with van der Waals surface area (Å²) in [4.78, 5) is 10.3. The van der Waals surface area contributed by atoms with Gasteiger partial charge in [-0.2, -0.15) is 0 Å².